The lowest BCUT2D eigenvalue weighted by atomic mass is 10.1. The zero-order valence-corrected chi connectivity index (χ0v) is 17.1. The Morgan fingerprint density at radius 3 is 2.48 bits per heavy atom. The Morgan fingerprint density at radius 1 is 1.07 bits per heavy atom. The lowest BCUT2D eigenvalue weighted by molar-refractivity contribution is 0.265. The molecule has 0 saturated heterocycles. The summed E-state index contributed by atoms with van der Waals surface area (Å²) in [5.74, 6) is 0.848. The van der Waals surface area contributed by atoms with Gasteiger partial charge in [-0.2, -0.15) is 0 Å². The Hall–Kier alpha value is -2.40. The molecule has 0 unspecified atom stereocenters. The van der Waals surface area contributed by atoms with E-state index in [1.54, 1.807) is 0 Å². The number of nitrogens with one attached hydrogen (secondary N) is 2. The number of hydrogen-bond donors (Lipinski definition) is 2. The van der Waals surface area contributed by atoms with Gasteiger partial charge in [0.25, 0.3) is 0 Å². The van der Waals surface area contributed by atoms with E-state index in [0.29, 0.717) is 12.6 Å². The molecule has 0 amide bonds. The molecule has 2 N–H and O–H groups in total. The maximum absolute atomic E-state index is 4.78. The van der Waals surface area contributed by atoms with Gasteiger partial charge in [0.1, 0.15) is 0 Å². The standard InChI is InChI=1S/C22H33N5/c1-5-23-22(25-15-13-21-12-8-9-14-24-21)26-16-19-10-6-7-11-20(19)17-27(4)18(2)3/h6-12,14,18H,5,13,15-17H2,1-4H3,(H2,23,25,26). The van der Waals surface area contributed by atoms with Crippen molar-refractivity contribution in [2.24, 2.45) is 4.99 Å². The summed E-state index contributed by atoms with van der Waals surface area (Å²) >= 11 is 0. The maximum atomic E-state index is 4.78. The van der Waals surface area contributed by atoms with Gasteiger partial charge in [0.2, 0.25) is 0 Å². The molecule has 0 spiro atoms. The molecule has 5 nitrogen and oxygen atoms in total. The molecule has 0 bridgehead atoms. The highest BCUT2D eigenvalue weighted by molar-refractivity contribution is 5.79. The summed E-state index contributed by atoms with van der Waals surface area (Å²) < 4.78 is 0. The molecule has 0 aliphatic rings. The van der Waals surface area contributed by atoms with Crippen molar-refractivity contribution in [2.75, 3.05) is 20.1 Å². The normalized spacial score (nSPS) is 11.9. The van der Waals surface area contributed by atoms with Gasteiger partial charge in [0.05, 0.1) is 6.54 Å². The second-order valence-electron chi connectivity index (χ2n) is 6.97. The molecule has 2 aromatic rings. The summed E-state index contributed by atoms with van der Waals surface area (Å²) in [6, 6.07) is 15.1. The minimum absolute atomic E-state index is 0.520. The SMILES string of the molecule is CCNC(=NCc1ccccc1CN(C)C(C)C)NCCc1ccccn1. The molecule has 0 fully saturated rings. The average Bonchev–Trinajstić information content (AvgIpc) is 2.68. The Kier molecular flexibility index (Phi) is 8.78. The largest absolute Gasteiger partial charge is 0.357 e. The number of nitrogens with zero attached hydrogens (tertiary/aromatic N) is 3. The van der Waals surface area contributed by atoms with E-state index in [-0.39, 0.29) is 0 Å². The summed E-state index contributed by atoms with van der Waals surface area (Å²) in [6.07, 6.45) is 2.71. The molecule has 0 atom stereocenters. The third-order valence-corrected chi connectivity index (χ3v) is 4.57. The van der Waals surface area contributed by atoms with Crippen LogP contribution in [0.4, 0.5) is 0 Å². The molecule has 0 aliphatic carbocycles. The van der Waals surface area contributed by atoms with E-state index in [9.17, 15) is 0 Å². The molecule has 146 valence electrons. The van der Waals surface area contributed by atoms with Crippen molar-refractivity contribution < 1.29 is 0 Å². The van der Waals surface area contributed by atoms with Gasteiger partial charge in [-0.15, -0.1) is 0 Å². The Balaban J connectivity index is 1.97. The quantitative estimate of drug-likeness (QED) is 0.528. The lowest BCUT2D eigenvalue weighted by Crippen LogP contribution is -2.38. The Morgan fingerprint density at radius 2 is 1.81 bits per heavy atom. The van der Waals surface area contributed by atoms with E-state index in [1.165, 1.54) is 11.1 Å². The van der Waals surface area contributed by atoms with Gasteiger partial charge >= 0.3 is 0 Å². The third-order valence-electron chi connectivity index (χ3n) is 4.57. The van der Waals surface area contributed by atoms with Crippen LogP contribution < -0.4 is 10.6 Å². The maximum Gasteiger partial charge on any atom is 0.191 e. The molecule has 0 radical (unpaired) electrons. The monoisotopic (exact) mass is 367 g/mol. The van der Waals surface area contributed by atoms with E-state index in [2.05, 4.69) is 72.6 Å². The van der Waals surface area contributed by atoms with Gasteiger partial charge < -0.3 is 10.6 Å². The average molecular weight is 368 g/mol. The fourth-order valence-corrected chi connectivity index (χ4v) is 2.68. The Labute approximate surface area is 163 Å². The first-order chi connectivity index (χ1) is 13.1. The highest BCUT2D eigenvalue weighted by Crippen LogP contribution is 2.13. The van der Waals surface area contributed by atoms with Crippen LogP contribution in [0.15, 0.2) is 53.7 Å². The van der Waals surface area contributed by atoms with Gasteiger partial charge in [-0.05, 0) is 51.1 Å². The predicted octanol–water partition coefficient (Wildman–Crippen LogP) is 3.22. The van der Waals surface area contributed by atoms with E-state index >= 15 is 0 Å². The second-order valence-corrected chi connectivity index (χ2v) is 6.97. The fraction of sp³-hybridized carbons (Fsp3) is 0.455. The minimum Gasteiger partial charge on any atom is -0.357 e. The first-order valence-electron chi connectivity index (χ1n) is 9.79. The van der Waals surface area contributed by atoms with Crippen molar-refractivity contribution in [3.05, 3.63) is 65.5 Å². The molecular formula is C22H33N5. The molecule has 1 aromatic carbocycles. The zero-order valence-electron chi connectivity index (χ0n) is 17.1. The summed E-state index contributed by atoms with van der Waals surface area (Å²) in [5, 5.41) is 6.73. The molecule has 27 heavy (non-hydrogen) atoms. The lowest BCUT2D eigenvalue weighted by Gasteiger charge is -2.22. The Bertz CT molecular complexity index is 697. The first-order valence-corrected chi connectivity index (χ1v) is 9.79. The van der Waals surface area contributed by atoms with Gasteiger partial charge in [0.15, 0.2) is 5.96 Å². The van der Waals surface area contributed by atoms with Crippen LogP contribution in [0.1, 0.15) is 37.6 Å². The number of pyridine rings is 1. The topological polar surface area (TPSA) is 52.6 Å². The highest BCUT2D eigenvalue weighted by atomic mass is 15.2. The number of aliphatic imine (C=N–C) groups is 1. The van der Waals surface area contributed by atoms with Gasteiger partial charge in [-0.3, -0.25) is 9.88 Å². The van der Waals surface area contributed by atoms with Gasteiger partial charge in [-0.1, -0.05) is 30.3 Å². The summed E-state index contributed by atoms with van der Waals surface area (Å²) in [5.41, 5.74) is 3.69. The van der Waals surface area contributed by atoms with Crippen LogP contribution >= 0.6 is 0 Å². The molecule has 0 saturated carbocycles. The van der Waals surface area contributed by atoms with Crippen LogP contribution in [0.25, 0.3) is 0 Å². The number of hydrogen-bond acceptors (Lipinski definition) is 3. The number of rotatable bonds is 9. The molecule has 1 heterocycles. The van der Waals surface area contributed by atoms with Crippen molar-refractivity contribution in [2.45, 2.75) is 46.3 Å². The third kappa shape index (κ3) is 7.39. The van der Waals surface area contributed by atoms with Crippen molar-refractivity contribution in [1.29, 1.82) is 0 Å². The summed E-state index contributed by atoms with van der Waals surface area (Å²) in [6.45, 7) is 9.77. The predicted molar refractivity (Wildman–Crippen MR) is 114 cm³/mol. The molecule has 1 aromatic heterocycles. The molecular weight excluding hydrogens is 334 g/mol. The number of aromatic nitrogens is 1. The van der Waals surface area contributed by atoms with Crippen molar-refractivity contribution in [3.63, 3.8) is 0 Å². The summed E-state index contributed by atoms with van der Waals surface area (Å²) in [4.78, 5) is 11.5. The van der Waals surface area contributed by atoms with E-state index in [0.717, 1.165) is 37.7 Å². The second kappa shape index (κ2) is 11.3. The van der Waals surface area contributed by atoms with Crippen molar-refractivity contribution >= 4 is 5.96 Å². The van der Waals surface area contributed by atoms with Crippen molar-refractivity contribution in [1.82, 2.24) is 20.5 Å². The van der Waals surface area contributed by atoms with Crippen molar-refractivity contribution in [3.8, 4) is 0 Å². The van der Waals surface area contributed by atoms with Crippen LogP contribution in [-0.4, -0.2) is 42.0 Å². The van der Waals surface area contributed by atoms with Gasteiger partial charge in [-0.25, -0.2) is 4.99 Å². The van der Waals surface area contributed by atoms with E-state index in [4.69, 9.17) is 4.99 Å². The smallest absolute Gasteiger partial charge is 0.191 e. The fourth-order valence-electron chi connectivity index (χ4n) is 2.68. The van der Waals surface area contributed by atoms with Crippen LogP contribution in [0, 0.1) is 0 Å². The van der Waals surface area contributed by atoms with Crippen LogP contribution in [0.2, 0.25) is 0 Å². The van der Waals surface area contributed by atoms with E-state index in [1.807, 2.05) is 24.4 Å². The number of guanidine groups is 1. The zero-order chi connectivity index (χ0) is 19.5. The number of benzene rings is 1. The summed E-state index contributed by atoms with van der Waals surface area (Å²) in [7, 11) is 2.16. The molecule has 0 aliphatic heterocycles. The van der Waals surface area contributed by atoms with Gasteiger partial charge in [0, 0.05) is 44.0 Å². The van der Waals surface area contributed by atoms with Crippen LogP contribution in [0.3, 0.4) is 0 Å². The van der Waals surface area contributed by atoms with Crippen LogP contribution in [0.5, 0.6) is 0 Å². The first kappa shape index (κ1) is 20.9. The molecule has 2 rings (SSSR count). The molecule has 5 heteroatoms. The highest BCUT2D eigenvalue weighted by Gasteiger charge is 2.08. The van der Waals surface area contributed by atoms with Crippen LogP contribution in [-0.2, 0) is 19.5 Å². The van der Waals surface area contributed by atoms with E-state index < -0.39 is 0 Å². The minimum atomic E-state index is 0.520.